The molecule has 344 valence electrons. The van der Waals surface area contributed by atoms with Gasteiger partial charge in [0, 0.05) is 50.6 Å². The molecule has 2 aromatic carbocycles. The first-order valence-corrected chi connectivity index (χ1v) is 25.6. The van der Waals surface area contributed by atoms with E-state index < -0.39 is 31.2 Å². The molecule has 0 spiro atoms. The Bertz CT molecular complexity index is 2360. The van der Waals surface area contributed by atoms with Crippen molar-refractivity contribution in [2.24, 2.45) is 0 Å². The fraction of sp³-hybridized carbons (Fsp3) is 0.391. The first-order valence-electron chi connectivity index (χ1n) is 21.0. The topological polar surface area (TPSA) is 166 Å². The Morgan fingerprint density at radius 3 is 1.28 bits per heavy atom. The summed E-state index contributed by atoms with van der Waals surface area (Å²) in [7, 11) is -7.07. The van der Waals surface area contributed by atoms with Gasteiger partial charge in [0.1, 0.15) is 33.2 Å². The van der Waals surface area contributed by atoms with E-state index in [2.05, 4.69) is 9.80 Å². The number of thiophene rings is 2. The standard InChI is InChI=1S/2C23H28N2O5S2/c2*1-23(2,26)18-7-9-19(10-8-18)25-12-11-24(32(27,28)22-6-4-14-31-22)15-20(25)16-29-17-21-5-3-13-30-21/h2*3-10,13-14,20,26H,11-12,15-17H2,1-2H3/t2*20-/m11/s1. The highest BCUT2D eigenvalue weighted by molar-refractivity contribution is 7.91. The molecule has 0 radical (unpaired) electrons. The van der Waals surface area contributed by atoms with E-state index >= 15 is 0 Å². The minimum Gasteiger partial charge on any atom is -0.467 e. The monoisotopic (exact) mass is 952 g/mol. The van der Waals surface area contributed by atoms with Crippen molar-refractivity contribution >= 4 is 54.1 Å². The molecule has 6 aromatic rings. The van der Waals surface area contributed by atoms with Crippen LogP contribution in [0, 0.1) is 0 Å². The van der Waals surface area contributed by atoms with Gasteiger partial charge in [-0.05, 0) is 110 Å². The van der Waals surface area contributed by atoms with Gasteiger partial charge in [-0.25, -0.2) is 16.8 Å². The van der Waals surface area contributed by atoms with E-state index in [1.165, 1.54) is 22.7 Å². The average Bonchev–Trinajstić information content (AvgIpc) is 4.13. The average molecular weight is 953 g/mol. The van der Waals surface area contributed by atoms with Crippen LogP contribution in [0.1, 0.15) is 50.3 Å². The number of anilines is 2. The largest absolute Gasteiger partial charge is 0.467 e. The van der Waals surface area contributed by atoms with Crippen molar-refractivity contribution in [2.75, 3.05) is 62.3 Å². The van der Waals surface area contributed by atoms with Crippen molar-refractivity contribution in [1.29, 1.82) is 0 Å². The number of furan rings is 2. The first kappa shape index (κ1) is 47.6. The number of piperazine rings is 2. The van der Waals surface area contributed by atoms with Crippen molar-refractivity contribution in [3.05, 3.63) is 143 Å². The Hall–Kier alpha value is -4.34. The van der Waals surface area contributed by atoms with Crippen LogP contribution in [0.4, 0.5) is 11.4 Å². The number of ether oxygens (including phenoxy) is 2. The molecule has 2 aliphatic heterocycles. The highest BCUT2D eigenvalue weighted by atomic mass is 32.3. The normalized spacial score (nSPS) is 18.2. The van der Waals surface area contributed by atoms with Crippen LogP contribution in [0.15, 0.2) is 138 Å². The smallest absolute Gasteiger partial charge is 0.252 e. The molecule has 2 fully saturated rings. The van der Waals surface area contributed by atoms with Crippen LogP contribution in [0.2, 0.25) is 0 Å². The zero-order valence-electron chi connectivity index (χ0n) is 36.4. The molecule has 0 amide bonds. The van der Waals surface area contributed by atoms with Crippen LogP contribution >= 0.6 is 22.7 Å². The van der Waals surface area contributed by atoms with Crippen LogP contribution in [0.25, 0.3) is 0 Å². The number of nitrogens with zero attached hydrogens (tertiary/aromatic N) is 4. The summed E-state index contributed by atoms with van der Waals surface area (Å²) in [5.41, 5.74) is 1.75. The van der Waals surface area contributed by atoms with E-state index in [9.17, 15) is 27.0 Å². The molecule has 8 rings (SSSR count). The number of benzene rings is 2. The van der Waals surface area contributed by atoms with Crippen LogP contribution in [0.3, 0.4) is 0 Å². The molecule has 0 bridgehead atoms. The lowest BCUT2D eigenvalue weighted by atomic mass is 9.98. The summed E-state index contributed by atoms with van der Waals surface area (Å²) in [6.07, 6.45) is 3.20. The highest BCUT2D eigenvalue weighted by Crippen LogP contribution is 2.31. The quantitative estimate of drug-likeness (QED) is 0.0994. The summed E-state index contributed by atoms with van der Waals surface area (Å²) >= 11 is 2.46. The van der Waals surface area contributed by atoms with Crippen molar-refractivity contribution in [2.45, 2.75) is 72.6 Å². The molecule has 14 nitrogen and oxygen atoms in total. The van der Waals surface area contributed by atoms with Crippen LogP contribution < -0.4 is 9.80 Å². The highest BCUT2D eigenvalue weighted by Gasteiger charge is 2.37. The molecule has 64 heavy (non-hydrogen) atoms. The Kier molecular flexibility index (Phi) is 15.2. The van der Waals surface area contributed by atoms with E-state index in [0.717, 1.165) is 34.0 Å². The second-order valence-electron chi connectivity index (χ2n) is 16.7. The van der Waals surface area contributed by atoms with Crippen LogP contribution in [-0.2, 0) is 53.9 Å². The van der Waals surface area contributed by atoms with Crippen LogP contribution in [-0.4, -0.2) is 100 Å². The molecule has 4 aromatic heterocycles. The molecule has 0 saturated carbocycles. The fourth-order valence-corrected chi connectivity index (χ4v) is 12.9. The maximum Gasteiger partial charge on any atom is 0.252 e. The SMILES string of the molecule is CC(C)(O)c1ccc(N2CCN(S(=O)(=O)c3cccs3)C[C@@H]2COCc2ccco2)cc1.CC(C)(O)c1ccc(N2CCN(S(=O)(=O)c3cccs3)C[C@@H]2COCc2ccco2)cc1. The Morgan fingerprint density at radius 2 is 0.969 bits per heavy atom. The summed E-state index contributed by atoms with van der Waals surface area (Å²) in [4.78, 5) is 4.35. The first-order chi connectivity index (χ1) is 30.5. The third-order valence-corrected chi connectivity index (χ3v) is 17.6. The molecule has 0 aliphatic carbocycles. The van der Waals surface area contributed by atoms with E-state index in [0.29, 0.717) is 74.1 Å². The summed E-state index contributed by atoms with van der Waals surface area (Å²) in [5.74, 6) is 1.45. The van der Waals surface area contributed by atoms with Gasteiger partial charge in [-0.2, -0.15) is 8.61 Å². The molecule has 6 heterocycles. The van der Waals surface area contributed by atoms with E-state index in [1.54, 1.807) is 83.9 Å². The third-order valence-electron chi connectivity index (χ3n) is 11.1. The maximum atomic E-state index is 13.1. The molecule has 18 heteroatoms. The van der Waals surface area contributed by atoms with E-state index in [4.69, 9.17) is 18.3 Å². The number of hydrogen-bond donors (Lipinski definition) is 2. The van der Waals surface area contributed by atoms with Gasteiger partial charge in [0.2, 0.25) is 0 Å². The summed E-state index contributed by atoms with van der Waals surface area (Å²) in [6, 6.07) is 29.3. The fourth-order valence-electron chi connectivity index (χ4n) is 7.63. The molecular weight excluding hydrogens is 897 g/mol. The number of sulfonamides is 2. The Morgan fingerprint density at radius 1 is 0.578 bits per heavy atom. The lowest BCUT2D eigenvalue weighted by molar-refractivity contribution is 0.0779. The summed E-state index contributed by atoms with van der Waals surface area (Å²) in [6.45, 7) is 10.9. The lowest BCUT2D eigenvalue weighted by Crippen LogP contribution is -2.56. The van der Waals surface area contributed by atoms with E-state index in [-0.39, 0.29) is 12.1 Å². The van der Waals surface area contributed by atoms with Crippen molar-refractivity contribution in [1.82, 2.24) is 8.61 Å². The van der Waals surface area contributed by atoms with Gasteiger partial charge in [0.25, 0.3) is 20.0 Å². The zero-order chi connectivity index (χ0) is 45.5. The van der Waals surface area contributed by atoms with Crippen molar-refractivity contribution < 1.29 is 45.4 Å². The molecule has 2 atom stereocenters. The van der Waals surface area contributed by atoms with Crippen LogP contribution in [0.5, 0.6) is 0 Å². The Balaban J connectivity index is 0.000000191. The number of hydrogen-bond acceptors (Lipinski definition) is 14. The second kappa shape index (κ2) is 20.4. The number of aliphatic hydroxyl groups is 2. The van der Waals surface area contributed by atoms with Gasteiger partial charge < -0.3 is 38.3 Å². The molecular formula is C46H56N4O10S4. The van der Waals surface area contributed by atoms with Gasteiger partial charge in [0.05, 0.1) is 49.0 Å². The minimum atomic E-state index is -3.53. The molecule has 2 saturated heterocycles. The maximum absolute atomic E-state index is 13.1. The minimum absolute atomic E-state index is 0.165. The van der Waals surface area contributed by atoms with Crippen molar-refractivity contribution in [3.63, 3.8) is 0 Å². The predicted molar refractivity (Wildman–Crippen MR) is 249 cm³/mol. The summed E-state index contributed by atoms with van der Waals surface area (Å²) < 4.78 is 78.6. The predicted octanol–water partition coefficient (Wildman–Crippen LogP) is 7.33. The van der Waals surface area contributed by atoms with Crippen molar-refractivity contribution in [3.8, 4) is 0 Å². The second-order valence-corrected chi connectivity index (χ2v) is 22.9. The van der Waals surface area contributed by atoms with Gasteiger partial charge in [-0.15, -0.1) is 22.7 Å². The molecule has 0 unspecified atom stereocenters. The number of rotatable bonds is 16. The van der Waals surface area contributed by atoms with Gasteiger partial charge >= 0.3 is 0 Å². The zero-order valence-corrected chi connectivity index (χ0v) is 39.6. The third kappa shape index (κ3) is 11.7. The lowest BCUT2D eigenvalue weighted by Gasteiger charge is -2.42. The molecule has 2 N–H and O–H groups in total. The van der Waals surface area contributed by atoms with Gasteiger partial charge in [-0.3, -0.25) is 0 Å². The van der Waals surface area contributed by atoms with Gasteiger partial charge in [0.15, 0.2) is 0 Å². The van der Waals surface area contributed by atoms with Gasteiger partial charge in [-0.1, -0.05) is 36.4 Å². The molecule has 2 aliphatic rings. The summed E-state index contributed by atoms with van der Waals surface area (Å²) in [5, 5.41) is 24.0. The Labute approximate surface area is 384 Å². The van der Waals surface area contributed by atoms with E-state index in [1.807, 2.05) is 72.8 Å².